The maximum atomic E-state index is 7.01. The van der Waals surface area contributed by atoms with Gasteiger partial charge in [-0.1, -0.05) is 11.6 Å². The van der Waals surface area contributed by atoms with E-state index in [9.17, 15) is 0 Å². The van der Waals surface area contributed by atoms with Crippen LogP contribution in [0.4, 0.5) is 5.69 Å². The van der Waals surface area contributed by atoms with Crippen LogP contribution in [0.5, 0.6) is 5.88 Å². The number of halogens is 1. The molecule has 5 heterocycles. The predicted octanol–water partition coefficient (Wildman–Crippen LogP) is 5.11. The second-order valence-corrected chi connectivity index (χ2v) is 11.6. The van der Waals surface area contributed by atoms with E-state index in [2.05, 4.69) is 67.4 Å². The van der Waals surface area contributed by atoms with Gasteiger partial charge in [0.25, 0.3) is 0 Å². The molecule has 2 saturated heterocycles. The molecule has 1 atom stereocenters. The molecule has 3 aromatic heterocycles. The molecule has 3 fully saturated rings. The first-order chi connectivity index (χ1) is 18.5. The maximum absolute atomic E-state index is 7.01. The number of anilines is 1. The predicted molar refractivity (Wildman–Crippen MR) is 149 cm³/mol. The molecule has 7 rings (SSSR count). The van der Waals surface area contributed by atoms with Crippen molar-refractivity contribution in [3.63, 3.8) is 0 Å². The highest BCUT2D eigenvalue weighted by Crippen LogP contribution is 2.41. The molecule has 0 bridgehead atoms. The highest BCUT2D eigenvalue weighted by Gasteiger charge is 2.41. The van der Waals surface area contributed by atoms with E-state index in [0.717, 1.165) is 60.8 Å². The lowest BCUT2D eigenvalue weighted by molar-refractivity contribution is 0.194. The van der Waals surface area contributed by atoms with E-state index < -0.39 is 0 Å². The van der Waals surface area contributed by atoms with Crippen LogP contribution in [-0.2, 0) is 6.54 Å². The number of pyridine rings is 1. The Hall–Kier alpha value is -3.23. The fourth-order valence-electron chi connectivity index (χ4n) is 5.81. The van der Waals surface area contributed by atoms with E-state index in [1.54, 1.807) is 6.33 Å². The van der Waals surface area contributed by atoms with E-state index in [1.165, 1.54) is 25.1 Å². The van der Waals surface area contributed by atoms with Gasteiger partial charge in [0, 0.05) is 43.1 Å². The lowest BCUT2D eigenvalue weighted by Gasteiger charge is -2.39. The smallest absolute Gasteiger partial charge is 0.245 e. The van der Waals surface area contributed by atoms with Crippen LogP contribution in [0.15, 0.2) is 42.9 Å². The summed E-state index contributed by atoms with van der Waals surface area (Å²) in [5.41, 5.74) is 5.32. The Morgan fingerprint density at radius 2 is 1.97 bits per heavy atom. The summed E-state index contributed by atoms with van der Waals surface area (Å²) >= 11 is 7.01. The molecule has 1 saturated carbocycles. The van der Waals surface area contributed by atoms with Crippen molar-refractivity contribution in [2.75, 3.05) is 31.1 Å². The molecule has 0 amide bonds. The van der Waals surface area contributed by atoms with Gasteiger partial charge in [-0.15, -0.1) is 0 Å². The zero-order valence-corrected chi connectivity index (χ0v) is 22.7. The average molecular weight is 530 g/mol. The number of aromatic nitrogens is 5. The van der Waals surface area contributed by atoms with E-state index in [1.807, 2.05) is 12.3 Å². The number of ether oxygens (including phenoxy) is 1. The number of aryl methyl sites for hydroxylation is 1. The first-order valence-corrected chi connectivity index (χ1v) is 13.9. The van der Waals surface area contributed by atoms with Crippen molar-refractivity contribution in [2.24, 2.45) is 0 Å². The molecule has 4 aromatic rings. The summed E-state index contributed by atoms with van der Waals surface area (Å²) in [6, 6.07) is 11.1. The largest absolute Gasteiger partial charge is 0.470 e. The molecule has 196 valence electrons. The number of hydrogen-bond acceptors (Lipinski definition) is 7. The van der Waals surface area contributed by atoms with E-state index in [0.29, 0.717) is 29.0 Å². The van der Waals surface area contributed by atoms with Crippen LogP contribution in [0, 0.1) is 6.92 Å². The van der Waals surface area contributed by atoms with Crippen LogP contribution >= 0.6 is 11.6 Å². The monoisotopic (exact) mass is 529 g/mol. The fraction of sp³-hybridized carbons (Fsp3) is 0.448. The van der Waals surface area contributed by atoms with E-state index >= 15 is 0 Å². The lowest BCUT2D eigenvalue weighted by atomic mass is 10.1. The number of rotatable bonds is 6. The number of nitrogens with zero attached hydrogens (tertiary/aromatic N) is 7. The summed E-state index contributed by atoms with van der Waals surface area (Å²) in [5, 5.41) is 0.676. The molecule has 8 nitrogen and oxygen atoms in total. The average Bonchev–Trinajstić information content (AvgIpc) is 3.29. The van der Waals surface area contributed by atoms with Crippen LogP contribution in [0.2, 0.25) is 5.02 Å². The number of imidazole rings is 1. The first-order valence-electron chi connectivity index (χ1n) is 13.6. The van der Waals surface area contributed by atoms with Crippen molar-refractivity contribution in [2.45, 2.75) is 57.7 Å². The highest BCUT2D eigenvalue weighted by atomic mass is 35.5. The van der Waals surface area contributed by atoms with Gasteiger partial charge in [0.1, 0.15) is 17.8 Å². The zero-order chi connectivity index (χ0) is 25.9. The molecular formula is C29H32ClN7O. The Bertz CT molecular complexity index is 1510. The number of hydrogen-bond donors (Lipinski definition) is 0. The number of piperazine rings is 1. The molecule has 1 aliphatic carbocycles. The van der Waals surface area contributed by atoms with Crippen molar-refractivity contribution >= 4 is 28.5 Å². The number of benzene rings is 1. The van der Waals surface area contributed by atoms with E-state index in [4.69, 9.17) is 21.3 Å². The summed E-state index contributed by atoms with van der Waals surface area (Å²) in [4.78, 5) is 23.8. The van der Waals surface area contributed by atoms with Gasteiger partial charge in [0.05, 0.1) is 17.3 Å². The van der Waals surface area contributed by atoms with Crippen molar-refractivity contribution < 1.29 is 4.74 Å². The van der Waals surface area contributed by atoms with Gasteiger partial charge >= 0.3 is 0 Å². The molecule has 2 aliphatic heterocycles. The Labute approximate surface area is 227 Å². The summed E-state index contributed by atoms with van der Waals surface area (Å²) in [6.07, 6.45) is 8.01. The molecule has 38 heavy (non-hydrogen) atoms. The van der Waals surface area contributed by atoms with Crippen LogP contribution in [-0.4, -0.2) is 67.2 Å². The van der Waals surface area contributed by atoms with Gasteiger partial charge in [-0.3, -0.25) is 9.88 Å². The summed E-state index contributed by atoms with van der Waals surface area (Å²) < 4.78 is 8.36. The molecular weight excluding hydrogens is 498 g/mol. The molecule has 0 spiro atoms. The molecule has 9 heteroatoms. The third-order valence-electron chi connectivity index (χ3n) is 8.23. The lowest BCUT2D eigenvalue weighted by Crippen LogP contribution is -2.50. The minimum absolute atomic E-state index is 0.175. The van der Waals surface area contributed by atoms with Crippen molar-refractivity contribution in [1.82, 2.24) is 29.4 Å². The summed E-state index contributed by atoms with van der Waals surface area (Å²) in [7, 11) is 0. The quantitative estimate of drug-likeness (QED) is 0.343. The van der Waals surface area contributed by atoms with Gasteiger partial charge in [0.2, 0.25) is 5.88 Å². The molecule has 0 radical (unpaired) electrons. The van der Waals surface area contributed by atoms with E-state index in [-0.39, 0.29) is 5.60 Å². The molecule has 1 aromatic carbocycles. The van der Waals surface area contributed by atoms with Crippen molar-refractivity contribution in [1.29, 1.82) is 0 Å². The summed E-state index contributed by atoms with van der Waals surface area (Å²) in [6.45, 7) is 9.13. The SMILES string of the molecule is Cc1ccnc(Cn2c(-c3ccc(N4CCN5CCC[C@H]5C4)cc3Cl)nc3c(OC4(C)CC4)ncnc32)c1. The minimum Gasteiger partial charge on any atom is -0.470 e. The second-order valence-electron chi connectivity index (χ2n) is 11.2. The molecule has 0 unspecified atom stereocenters. The Morgan fingerprint density at radius 3 is 2.79 bits per heavy atom. The Kier molecular flexibility index (Phi) is 5.78. The standard InChI is InChI=1S/C29H32ClN7O/c1-19-7-10-31-20(14-19)16-37-26(34-25-27(37)32-18-33-28(25)38-29(2)8-9-29)23-6-5-21(15-24(23)30)36-13-12-35-11-3-4-22(35)17-36/h5-7,10,14-15,18,22H,3-4,8-9,11-13,16-17H2,1-2H3/t22-/m0/s1. The van der Waals surface area contributed by atoms with Crippen LogP contribution < -0.4 is 9.64 Å². The molecule has 0 N–H and O–H groups in total. The van der Waals surface area contributed by atoms with Crippen LogP contribution in [0.25, 0.3) is 22.6 Å². The van der Waals surface area contributed by atoms with Gasteiger partial charge < -0.3 is 14.2 Å². The second kappa shape index (κ2) is 9.20. The minimum atomic E-state index is -0.175. The number of fused-ring (bicyclic) bond motifs is 2. The van der Waals surface area contributed by atoms with Gasteiger partial charge in [-0.2, -0.15) is 4.98 Å². The normalized spacial score (nSPS) is 20.6. The topological polar surface area (TPSA) is 72.2 Å². The van der Waals surface area contributed by atoms with Crippen LogP contribution in [0.1, 0.15) is 43.9 Å². The maximum Gasteiger partial charge on any atom is 0.245 e. The first kappa shape index (κ1) is 23.9. The highest BCUT2D eigenvalue weighted by molar-refractivity contribution is 6.33. The summed E-state index contributed by atoms with van der Waals surface area (Å²) in [5.74, 6) is 1.26. The Morgan fingerprint density at radius 1 is 1.08 bits per heavy atom. The van der Waals surface area contributed by atoms with Crippen molar-refractivity contribution in [3.05, 3.63) is 59.1 Å². The third kappa shape index (κ3) is 4.39. The van der Waals surface area contributed by atoms with Gasteiger partial charge in [-0.25, -0.2) is 9.97 Å². The third-order valence-corrected chi connectivity index (χ3v) is 8.55. The van der Waals surface area contributed by atoms with Crippen LogP contribution in [0.3, 0.4) is 0 Å². The fourth-order valence-corrected chi connectivity index (χ4v) is 6.07. The molecule has 3 aliphatic rings. The zero-order valence-electron chi connectivity index (χ0n) is 21.9. The van der Waals surface area contributed by atoms with Crippen molar-refractivity contribution in [3.8, 4) is 17.3 Å². The van der Waals surface area contributed by atoms with Gasteiger partial charge in [0.15, 0.2) is 11.2 Å². The van der Waals surface area contributed by atoms with Gasteiger partial charge in [-0.05, 0) is 82.0 Å². The Balaban J connectivity index is 1.29.